The molecule has 5 rings (SSSR count). The van der Waals surface area contributed by atoms with Gasteiger partial charge in [-0.1, -0.05) is 11.8 Å². The third-order valence-electron chi connectivity index (χ3n) is 6.63. The number of aromatic nitrogens is 3. The number of fused-ring (bicyclic) bond motifs is 2. The van der Waals surface area contributed by atoms with Gasteiger partial charge in [0.2, 0.25) is 5.91 Å². The standard InChI is InChI=1S/C25H30N4O3S3/c1-14(2)29-22(17-12-33-18-10-6-4-8-15(17)18)27-28-25(29)34-13-20(30)26-23-21(24(31)32-3)16-9-5-7-11-19(16)35-23/h12,14H,4-11,13H2,1-3H3,(H,26,30). The fourth-order valence-corrected chi connectivity index (χ4v) is 8.26. The number of aryl methyl sites for hydroxylation is 2. The average Bonchev–Trinajstić information content (AvgIpc) is 3.56. The molecule has 2 aliphatic carbocycles. The summed E-state index contributed by atoms with van der Waals surface area (Å²) >= 11 is 4.71. The average molecular weight is 531 g/mol. The molecule has 186 valence electrons. The van der Waals surface area contributed by atoms with Crippen LogP contribution in [0.25, 0.3) is 11.4 Å². The molecule has 3 aromatic rings. The highest BCUT2D eigenvalue weighted by Crippen LogP contribution is 2.40. The summed E-state index contributed by atoms with van der Waals surface area (Å²) in [7, 11) is 1.39. The molecule has 0 radical (unpaired) electrons. The molecular formula is C25H30N4O3S3. The van der Waals surface area contributed by atoms with Crippen molar-refractivity contribution < 1.29 is 14.3 Å². The predicted molar refractivity (Wildman–Crippen MR) is 142 cm³/mol. The zero-order chi connectivity index (χ0) is 24.5. The number of anilines is 1. The lowest BCUT2D eigenvalue weighted by Crippen LogP contribution is -2.17. The molecule has 0 aliphatic heterocycles. The van der Waals surface area contributed by atoms with Gasteiger partial charge in [0, 0.05) is 26.7 Å². The fraction of sp³-hybridized carbons (Fsp3) is 0.520. The summed E-state index contributed by atoms with van der Waals surface area (Å²) in [5.41, 5.74) is 4.18. The number of hydrogen-bond donors (Lipinski definition) is 1. The molecule has 0 fully saturated rings. The zero-order valence-electron chi connectivity index (χ0n) is 20.3. The van der Waals surface area contributed by atoms with E-state index >= 15 is 0 Å². The first-order valence-electron chi connectivity index (χ1n) is 12.2. The minimum Gasteiger partial charge on any atom is -0.465 e. The van der Waals surface area contributed by atoms with Gasteiger partial charge in [0.25, 0.3) is 0 Å². The van der Waals surface area contributed by atoms with E-state index < -0.39 is 0 Å². The van der Waals surface area contributed by atoms with Crippen LogP contribution in [0.4, 0.5) is 5.00 Å². The van der Waals surface area contributed by atoms with Crippen LogP contribution in [0.2, 0.25) is 0 Å². The van der Waals surface area contributed by atoms with Gasteiger partial charge in [-0.3, -0.25) is 9.36 Å². The van der Waals surface area contributed by atoms with Gasteiger partial charge in [0.15, 0.2) is 11.0 Å². The number of methoxy groups -OCH3 is 1. The van der Waals surface area contributed by atoms with Crippen molar-refractivity contribution in [3.63, 3.8) is 0 Å². The van der Waals surface area contributed by atoms with Crippen molar-refractivity contribution in [3.8, 4) is 11.4 Å². The second-order valence-corrected chi connectivity index (χ2v) is 12.3. The van der Waals surface area contributed by atoms with Gasteiger partial charge in [-0.2, -0.15) is 0 Å². The number of carbonyl (C=O) groups is 2. The van der Waals surface area contributed by atoms with Crippen molar-refractivity contribution >= 4 is 51.3 Å². The molecule has 10 heteroatoms. The normalized spacial score (nSPS) is 15.1. The van der Waals surface area contributed by atoms with Crippen molar-refractivity contribution in [2.75, 3.05) is 18.2 Å². The molecule has 0 saturated carbocycles. The summed E-state index contributed by atoms with van der Waals surface area (Å²) in [5.74, 6) is 0.541. The molecule has 0 bridgehead atoms. The van der Waals surface area contributed by atoms with Gasteiger partial charge in [-0.15, -0.1) is 32.9 Å². The maximum atomic E-state index is 12.9. The molecule has 1 N–H and O–H groups in total. The molecule has 0 unspecified atom stereocenters. The Morgan fingerprint density at radius 1 is 1.09 bits per heavy atom. The van der Waals surface area contributed by atoms with E-state index in [-0.39, 0.29) is 23.7 Å². The monoisotopic (exact) mass is 530 g/mol. The smallest absolute Gasteiger partial charge is 0.341 e. The van der Waals surface area contributed by atoms with E-state index in [0.717, 1.165) is 55.1 Å². The molecule has 2 aliphatic rings. The van der Waals surface area contributed by atoms with Crippen LogP contribution >= 0.6 is 34.4 Å². The Bertz CT molecular complexity index is 1260. The van der Waals surface area contributed by atoms with Crippen LogP contribution in [0.15, 0.2) is 10.5 Å². The fourth-order valence-electron chi connectivity index (χ4n) is 4.97. The SMILES string of the molecule is COC(=O)c1c(NC(=O)CSc2nnc(-c3csc4c3CCCC4)n2C(C)C)sc2c1CCCC2. The molecular weight excluding hydrogens is 501 g/mol. The van der Waals surface area contributed by atoms with Gasteiger partial charge in [-0.25, -0.2) is 4.79 Å². The van der Waals surface area contributed by atoms with Crippen LogP contribution in [0, 0.1) is 0 Å². The van der Waals surface area contributed by atoms with E-state index in [4.69, 9.17) is 4.74 Å². The summed E-state index contributed by atoms with van der Waals surface area (Å²) in [6.45, 7) is 4.24. The Balaban J connectivity index is 1.34. The Morgan fingerprint density at radius 3 is 2.54 bits per heavy atom. The molecule has 35 heavy (non-hydrogen) atoms. The summed E-state index contributed by atoms with van der Waals surface area (Å²) in [5, 5.41) is 15.5. The van der Waals surface area contributed by atoms with Gasteiger partial charge >= 0.3 is 5.97 Å². The zero-order valence-corrected chi connectivity index (χ0v) is 22.8. The largest absolute Gasteiger partial charge is 0.465 e. The number of nitrogens with one attached hydrogen (secondary N) is 1. The second-order valence-electron chi connectivity index (χ2n) is 9.27. The lowest BCUT2D eigenvalue weighted by atomic mass is 9.95. The first-order valence-corrected chi connectivity index (χ1v) is 14.9. The van der Waals surface area contributed by atoms with Crippen LogP contribution in [0.3, 0.4) is 0 Å². The Morgan fingerprint density at radius 2 is 1.80 bits per heavy atom. The van der Waals surface area contributed by atoms with E-state index in [9.17, 15) is 9.59 Å². The number of thiophene rings is 2. The van der Waals surface area contributed by atoms with E-state index in [1.54, 1.807) is 0 Å². The van der Waals surface area contributed by atoms with Crippen molar-refractivity contribution in [1.82, 2.24) is 14.8 Å². The third-order valence-corrected chi connectivity index (χ3v) is 9.87. The highest BCUT2D eigenvalue weighted by molar-refractivity contribution is 7.99. The number of amides is 1. The summed E-state index contributed by atoms with van der Waals surface area (Å²) < 4.78 is 7.16. The molecule has 1 amide bonds. The molecule has 0 spiro atoms. The molecule has 0 aromatic carbocycles. The van der Waals surface area contributed by atoms with Crippen molar-refractivity contribution in [2.45, 2.75) is 76.4 Å². The number of carbonyl (C=O) groups excluding carboxylic acids is 2. The van der Waals surface area contributed by atoms with E-state index in [1.807, 2.05) is 11.3 Å². The molecule has 0 saturated heterocycles. The predicted octanol–water partition coefficient (Wildman–Crippen LogP) is 5.92. The lowest BCUT2D eigenvalue weighted by Gasteiger charge is -2.16. The molecule has 0 atom stereocenters. The van der Waals surface area contributed by atoms with Gasteiger partial charge in [0.1, 0.15) is 5.00 Å². The van der Waals surface area contributed by atoms with Crippen molar-refractivity contribution in [1.29, 1.82) is 0 Å². The summed E-state index contributed by atoms with van der Waals surface area (Å²) in [4.78, 5) is 28.1. The van der Waals surface area contributed by atoms with Gasteiger partial charge in [-0.05, 0) is 76.3 Å². The van der Waals surface area contributed by atoms with Crippen molar-refractivity contribution in [3.05, 3.63) is 31.8 Å². The van der Waals surface area contributed by atoms with Gasteiger partial charge in [0.05, 0.1) is 18.4 Å². The number of nitrogens with zero attached hydrogens (tertiary/aromatic N) is 3. The van der Waals surface area contributed by atoms with E-state index in [0.29, 0.717) is 10.6 Å². The van der Waals surface area contributed by atoms with E-state index in [1.165, 1.54) is 63.9 Å². The maximum Gasteiger partial charge on any atom is 0.341 e. The number of rotatable bonds is 7. The highest BCUT2D eigenvalue weighted by Gasteiger charge is 2.28. The van der Waals surface area contributed by atoms with E-state index in [2.05, 4.69) is 39.3 Å². The quantitative estimate of drug-likeness (QED) is 0.301. The topological polar surface area (TPSA) is 86.1 Å². The Hall–Kier alpha value is -2.17. The molecule has 3 aromatic heterocycles. The third kappa shape index (κ3) is 4.80. The van der Waals surface area contributed by atoms with Gasteiger partial charge < -0.3 is 10.1 Å². The highest BCUT2D eigenvalue weighted by atomic mass is 32.2. The van der Waals surface area contributed by atoms with Crippen LogP contribution in [-0.4, -0.2) is 39.5 Å². The number of ether oxygens (including phenoxy) is 1. The van der Waals surface area contributed by atoms with Crippen LogP contribution < -0.4 is 5.32 Å². The summed E-state index contributed by atoms with van der Waals surface area (Å²) in [6, 6.07) is 0.166. The Labute approximate surface area is 217 Å². The molecule has 3 heterocycles. The van der Waals surface area contributed by atoms with Crippen molar-refractivity contribution in [2.24, 2.45) is 0 Å². The Kier molecular flexibility index (Phi) is 7.31. The minimum atomic E-state index is -0.379. The first-order chi connectivity index (χ1) is 17.0. The lowest BCUT2D eigenvalue weighted by molar-refractivity contribution is -0.113. The number of esters is 1. The first kappa shape index (κ1) is 24.5. The maximum absolute atomic E-state index is 12.9. The number of hydrogen-bond acceptors (Lipinski definition) is 8. The minimum absolute atomic E-state index is 0.161. The second kappa shape index (κ2) is 10.4. The van der Waals surface area contributed by atoms with Crippen LogP contribution in [-0.2, 0) is 35.2 Å². The summed E-state index contributed by atoms with van der Waals surface area (Å²) in [6.07, 6.45) is 8.68. The van der Waals surface area contributed by atoms with Crippen LogP contribution in [0.5, 0.6) is 0 Å². The molecule has 7 nitrogen and oxygen atoms in total. The van der Waals surface area contributed by atoms with Crippen LogP contribution in [0.1, 0.15) is 76.8 Å². The number of thioether (sulfide) groups is 1.